The number of methoxy groups -OCH3 is 1. The van der Waals surface area contributed by atoms with E-state index in [2.05, 4.69) is 10.3 Å². The molecule has 0 radical (unpaired) electrons. The molecule has 2 rings (SSSR count). The van der Waals surface area contributed by atoms with Gasteiger partial charge in [-0.3, -0.25) is 0 Å². The molecule has 2 aromatic rings. The molecule has 19 heavy (non-hydrogen) atoms. The summed E-state index contributed by atoms with van der Waals surface area (Å²) in [6, 6.07) is 5.19. The van der Waals surface area contributed by atoms with E-state index in [1.54, 1.807) is 17.4 Å². The predicted octanol–water partition coefficient (Wildman–Crippen LogP) is 3.70. The summed E-state index contributed by atoms with van der Waals surface area (Å²) in [6.07, 6.45) is 0. The summed E-state index contributed by atoms with van der Waals surface area (Å²) in [5, 5.41) is 5.41. The number of nitrogens with one attached hydrogen (secondary N) is 1. The van der Waals surface area contributed by atoms with Crippen molar-refractivity contribution in [3.8, 4) is 5.75 Å². The number of nitrogens with zero attached hydrogens (tertiary/aromatic N) is 1. The average Bonchev–Trinajstić information content (AvgIpc) is 2.92. The molecule has 0 aliphatic rings. The van der Waals surface area contributed by atoms with Gasteiger partial charge in [-0.1, -0.05) is 6.07 Å². The van der Waals surface area contributed by atoms with E-state index in [4.69, 9.17) is 4.74 Å². The van der Waals surface area contributed by atoms with Gasteiger partial charge in [0.15, 0.2) is 11.6 Å². The van der Waals surface area contributed by atoms with Gasteiger partial charge in [-0.2, -0.15) is 0 Å². The van der Waals surface area contributed by atoms with Crippen LogP contribution in [-0.2, 0) is 0 Å². The Morgan fingerprint density at radius 1 is 1.32 bits per heavy atom. The number of aromatic nitrogens is 1. The maximum Gasteiger partial charge on any atom is 0.165 e. The predicted molar refractivity (Wildman–Crippen MR) is 75.0 cm³/mol. The molecule has 0 saturated heterocycles. The lowest BCUT2D eigenvalue weighted by Gasteiger charge is -2.19. The monoisotopic (exact) mass is 280 g/mol. The normalized spacial score (nSPS) is 14.1. The Kier molecular flexibility index (Phi) is 4.50. The van der Waals surface area contributed by atoms with Crippen LogP contribution in [-0.4, -0.2) is 12.1 Å². The topological polar surface area (TPSA) is 34.1 Å². The molecule has 0 spiro atoms. The minimum Gasteiger partial charge on any atom is -0.494 e. The fraction of sp³-hybridized carbons (Fsp3) is 0.357. The SMILES string of the molecule is COc1ccc(C(C)NC(C)c2cscn2)cc1F. The molecule has 1 N–H and O–H groups in total. The highest BCUT2D eigenvalue weighted by molar-refractivity contribution is 7.07. The molecule has 0 saturated carbocycles. The summed E-state index contributed by atoms with van der Waals surface area (Å²) in [4.78, 5) is 4.27. The van der Waals surface area contributed by atoms with Crippen LogP contribution in [0.25, 0.3) is 0 Å². The van der Waals surface area contributed by atoms with Crippen LogP contribution in [0, 0.1) is 5.82 Å². The third-order valence-corrected chi connectivity index (χ3v) is 3.68. The van der Waals surface area contributed by atoms with Crippen molar-refractivity contribution in [2.45, 2.75) is 25.9 Å². The van der Waals surface area contributed by atoms with E-state index in [-0.39, 0.29) is 23.7 Å². The zero-order valence-electron chi connectivity index (χ0n) is 11.2. The number of ether oxygens (including phenoxy) is 1. The second-order valence-corrected chi connectivity index (χ2v) is 5.14. The Labute approximate surface area is 116 Å². The summed E-state index contributed by atoms with van der Waals surface area (Å²) in [5.41, 5.74) is 3.71. The van der Waals surface area contributed by atoms with Crippen LogP contribution in [0.1, 0.15) is 37.2 Å². The minimum atomic E-state index is -0.338. The molecule has 2 atom stereocenters. The molecule has 0 aliphatic carbocycles. The van der Waals surface area contributed by atoms with Crippen LogP contribution in [0.2, 0.25) is 0 Å². The lowest BCUT2D eigenvalue weighted by atomic mass is 10.1. The van der Waals surface area contributed by atoms with E-state index >= 15 is 0 Å². The third-order valence-electron chi connectivity index (χ3n) is 3.07. The third kappa shape index (κ3) is 3.30. The van der Waals surface area contributed by atoms with Gasteiger partial charge in [0.25, 0.3) is 0 Å². The average molecular weight is 280 g/mol. The summed E-state index contributed by atoms with van der Waals surface area (Å²) in [6.45, 7) is 4.05. The smallest absolute Gasteiger partial charge is 0.165 e. The lowest BCUT2D eigenvalue weighted by molar-refractivity contribution is 0.385. The van der Waals surface area contributed by atoms with Gasteiger partial charge in [0.2, 0.25) is 0 Å². The van der Waals surface area contributed by atoms with Gasteiger partial charge in [0.1, 0.15) is 0 Å². The van der Waals surface area contributed by atoms with Crippen molar-refractivity contribution in [2.75, 3.05) is 7.11 Å². The van der Waals surface area contributed by atoms with Crippen molar-refractivity contribution in [3.05, 3.63) is 46.2 Å². The van der Waals surface area contributed by atoms with Gasteiger partial charge in [-0.25, -0.2) is 9.37 Å². The van der Waals surface area contributed by atoms with E-state index in [0.717, 1.165) is 11.3 Å². The Balaban J connectivity index is 2.07. The highest BCUT2D eigenvalue weighted by Crippen LogP contribution is 2.24. The molecule has 3 nitrogen and oxygen atoms in total. The molecule has 1 aromatic heterocycles. The molecule has 0 amide bonds. The lowest BCUT2D eigenvalue weighted by Crippen LogP contribution is -2.22. The number of hydrogen-bond donors (Lipinski definition) is 1. The minimum absolute atomic E-state index is 0.0390. The number of hydrogen-bond acceptors (Lipinski definition) is 4. The van der Waals surface area contributed by atoms with Gasteiger partial charge in [0.05, 0.1) is 18.3 Å². The van der Waals surface area contributed by atoms with Crippen molar-refractivity contribution in [1.82, 2.24) is 10.3 Å². The van der Waals surface area contributed by atoms with Crippen molar-refractivity contribution in [1.29, 1.82) is 0 Å². The molecule has 5 heteroatoms. The first-order valence-corrected chi connectivity index (χ1v) is 7.03. The molecular formula is C14H17FN2OS. The first-order valence-electron chi connectivity index (χ1n) is 6.09. The van der Waals surface area contributed by atoms with Gasteiger partial charge in [-0.15, -0.1) is 11.3 Å². The van der Waals surface area contributed by atoms with Crippen LogP contribution in [0.4, 0.5) is 4.39 Å². The number of rotatable bonds is 5. The zero-order chi connectivity index (χ0) is 13.8. The van der Waals surface area contributed by atoms with E-state index in [1.807, 2.05) is 30.8 Å². The molecule has 1 heterocycles. The maximum absolute atomic E-state index is 13.7. The standard InChI is InChI=1S/C14H17FN2OS/c1-9(17-10(2)13-7-19-8-16-13)11-4-5-14(18-3)12(15)6-11/h4-10,17H,1-3H3. The zero-order valence-corrected chi connectivity index (χ0v) is 12.0. The second-order valence-electron chi connectivity index (χ2n) is 4.42. The van der Waals surface area contributed by atoms with Crippen molar-refractivity contribution in [3.63, 3.8) is 0 Å². The number of thiazole rings is 1. The van der Waals surface area contributed by atoms with Gasteiger partial charge in [0, 0.05) is 17.5 Å². The first-order chi connectivity index (χ1) is 9.11. The van der Waals surface area contributed by atoms with Crippen molar-refractivity contribution < 1.29 is 9.13 Å². The summed E-state index contributed by atoms with van der Waals surface area (Å²) < 4.78 is 18.6. The highest BCUT2D eigenvalue weighted by atomic mass is 32.1. The van der Waals surface area contributed by atoms with E-state index < -0.39 is 0 Å². The Hall–Kier alpha value is -1.46. The highest BCUT2D eigenvalue weighted by Gasteiger charge is 2.14. The van der Waals surface area contributed by atoms with Crippen LogP contribution in [0.5, 0.6) is 5.75 Å². The van der Waals surface area contributed by atoms with E-state index in [1.165, 1.54) is 13.2 Å². The Morgan fingerprint density at radius 2 is 2.11 bits per heavy atom. The number of benzene rings is 1. The summed E-state index contributed by atoms with van der Waals surface area (Å²) >= 11 is 1.57. The molecule has 1 aromatic carbocycles. The molecule has 0 bridgehead atoms. The quantitative estimate of drug-likeness (QED) is 0.906. The molecule has 0 fully saturated rings. The van der Waals surface area contributed by atoms with Crippen molar-refractivity contribution in [2.24, 2.45) is 0 Å². The number of halogens is 1. The molecule has 0 aliphatic heterocycles. The Morgan fingerprint density at radius 3 is 2.68 bits per heavy atom. The molecule has 2 unspecified atom stereocenters. The first kappa shape index (κ1) is 14.0. The van der Waals surface area contributed by atoms with Crippen LogP contribution in [0.3, 0.4) is 0 Å². The van der Waals surface area contributed by atoms with Crippen LogP contribution >= 0.6 is 11.3 Å². The van der Waals surface area contributed by atoms with Gasteiger partial charge in [-0.05, 0) is 31.5 Å². The van der Waals surface area contributed by atoms with E-state index in [0.29, 0.717) is 0 Å². The summed E-state index contributed by atoms with van der Waals surface area (Å²) in [7, 11) is 1.46. The summed E-state index contributed by atoms with van der Waals surface area (Å²) in [5.74, 6) is -0.0709. The largest absolute Gasteiger partial charge is 0.494 e. The maximum atomic E-state index is 13.7. The molecule has 102 valence electrons. The molecular weight excluding hydrogens is 263 g/mol. The second kappa shape index (κ2) is 6.12. The van der Waals surface area contributed by atoms with Crippen molar-refractivity contribution >= 4 is 11.3 Å². The fourth-order valence-corrected chi connectivity index (χ4v) is 2.59. The Bertz CT molecular complexity index is 530. The van der Waals surface area contributed by atoms with E-state index in [9.17, 15) is 4.39 Å². The fourth-order valence-electron chi connectivity index (χ4n) is 1.94. The van der Waals surface area contributed by atoms with Crippen LogP contribution < -0.4 is 10.1 Å². The van der Waals surface area contributed by atoms with Crippen LogP contribution in [0.15, 0.2) is 29.1 Å². The van der Waals surface area contributed by atoms with Gasteiger partial charge < -0.3 is 10.1 Å². The van der Waals surface area contributed by atoms with Gasteiger partial charge >= 0.3 is 0 Å².